The van der Waals surface area contributed by atoms with Crippen molar-refractivity contribution in [3.63, 3.8) is 0 Å². The molecule has 0 fully saturated rings. The van der Waals surface area contributed by atoms with Crippen LogP contribution in [0.5, 0.6) is 11.5 Å². The van der Waals surface area contributed by atoms with Gasteiger partial charge in [0.15, 0.2) is 0 Å². The molecule has 2 rings (SSSR count). The van der Waals surface area contributed by atoms with Gasteiger partial charge in [-0.15, -0.1) is 0 Å². The third kappa shape index (κ3) is 2.62. The first kappa shape index (κ1) is 10.7. The number of rotatable bonds is 2. The minimum atomic E-state index is 0.626. The van der Waals surface area contributed by atoms with Crippen LogP contribution in [-0.2, 0) is 0 Å². The van der Waals surface area contributed by atoms with Crippen molar-refractivity contribution in [3.05, 3.63) is 58.6 Å². The molecule has 0 aromatic heterocycles. The first-order valence-electron chi connectivity index (χ1n) is 4.71. The van der Waals surface area contributed by atoms with E-state index in [1.807, 2.05) is 24.3 Å². The van der Waals surface area contributed by atoms with Crippen LogP contribution in [-0.4, -0.2) is 0 Å². The van der Waals surface area contributed by atoms with Crippen LogP contribution in [0.25, 0.3) is 0 Å². The van der Waals surface area contributed by atoms with E-state index in [2.05, 4.69) is 22.0 Å². The Balaban J connectivity index is 2.18. The molecular formula is C13H8BrNO. The van der Waals surface area contributed by atoms with Gasteiger partial charge in [0.25, 0.3) is 0 Å². The van der Waals surface area contributed by atoms with Crippen molar-refractivity contribution in [2.45, 2.75) is 0 Å². The molecule has 0 aliphatic carbocycles. The summed E-state index contributed by atoms with van der Waals surface area (Å²) >= 11 is 3.38. The molecule has 0 spiro atoms. The second kappa shape index (κ2) is 4.82. The average Bonchev–Trinajstić information content (AvgIpc) is 2.30. The third-order valence-corrected chi connectivity index (χ3v) is 2.51. The largest absolute Gasteiger partial charge is 0.457 e. The van der Waals surface area contributed by atoms with Crippen molar-refractivity contribution in [3.8, 4) is 17.6 Å². The van der Waals surface area contributed by atoms with Crippen LogP contribution in [0, 0.1) is 11.3 Å². The van der Waals surface area contributed by atoms with Crippen LogP contribution >= 0.6 is 15.9 Å². The summed E-state index contributed by atoms with van der Waals surface area (Å²) in [7, 11) is 0. The number of nitriles is 1. The van der Waals surface area contributed by atoms with Gasteiger partial charge in [0.1, 0.15) is 11.5 Å². The highest BCUT2D eigenvalue weighted by Gasteiger charge is 1.98. The van der Waals surface area contributed by atoms with Gasteiger partial charge >= 0.3 is 0 Å². The predicted octanol–water partition coefficient (Wildman–Crippen LogP) is 4.11. The number of hydrogen-bond donors (Lipinski definition) is 0. The SMILES string of the molecule is N#Cc1ccc(Oc2cccc(Br)c2)cc1. The fourth-order valence-corrected chi connectivity index (χ4v) is 1.64. The molecule has 0 radical (unpaired) electrons. The number of hydrogen-bond acceptors (Lipinski definition) is 2. The van der Waals surface area contributed by atoms with E-state index in [-0.39, 0.29) is 0 Å². The standard InChI is InChI=1S/C13H8BrNO/c14-11-2-1-3-13(8-11)16-12-6-4-10(9-15)5-7-12/h1-8H. The maximum absolute atomic E-state index is 8.66. The van der Waals surface area contributed by atoms with Crippen molar-refractivity contribution in [1.29, 1.82) is 5.26 Å². The van der Waals surface area contributed by atoms with E-state index >= 15 is 0 Å². The van der Waals surface area contributed by atoms with Gasteiger partial charge in [-0.1, -0.05) is 22.0 Å². The second-order valence-electron chi connectivity index (χ2n) is 3.20. The predicted molar refractivity (Wildman–Crippen MR) is 65.4 cm³/mol. The zero-order chi connectivity index (χ0) is 11.4. The Morgan fingerprint density at radius 2 is 1.75 bits per heavy atom. The molecule has 0 unspecified atom stereocenters. The molecule has 16 heavy (non-hydrogen) atoms. The fourth-order valence-electron chi connectivity index (χ4n) is 1.26. The molecule has 3 heteroatoms. The summed E-state index contributed by atoms with van der Waals surface area (Å²) in [5.41, 5.74) is 0.626. The molecule has 0 heterocycles. The van der Waals surface area contributed by atoms with Crippen molar-refractivity contribution >= 4 is 15.9 Å². The van der Waals surface area contributed by atoms with E-state index in [9.17, 15) is 0 Å². The van der Waals surface area contributed by atoms with E-state index in [1.165, 1.54) is 0 Å². The van der Waals surface area contributed by atoms with Crippen LogP contribution < -0.4 is 4.74 Å². The van der Waals surface area contributed by atoms with Gasteiger partial charge in [-0.05, 0) is 42.5 Å². The highest BCUT2D eigenvalue weighted by Crippen LogP contribution is 2.24. The average molecular weight is 274 g/mol. The molecule has 0 amide bonds. The zero-order valence-electron chi connectivity index (χ0n) is 8.35. The smallest absolute Gasteiger partial charge is 0.128 e. The number of benzene rings is 2. The summed E-state index contributed by atoms with van der Waals surface area (Å²) in [6.45, 7) is 0. The van der Waals surface area contributed by atoms with Crippen molar-refractivity contribution in [2.75, 3.05) is 0 Å². The van der Waals surface area contributed by atoms with Crippen LogP contribution in [0.15, 0.2) is 53.0 Å². The van der Waals surface area contributed by atoms with Gasteiger partial charge in [-0.25, -0.2) is 0 Å². The van der Waals surface area contributed by atoms with Gasteiger partial charge in [-0.2, -0.15) is 5.26 Å². The summed E-state index contributed by atoms with van der Waals surface area (Å²) < 4.78 is 6.59. The summed E-state index contributed by atoms with van der Waals surface area (Å²) in [5, 5.41) is 8.66. The van der Waals surface area contributed by atoms with Gasteiger partial charge in [0, 0.05) is 4.47 Å². The molecule has 2 aromatic rings. The van der Waals surface area contributed by atoms with E-state index in [1.54, 1.807) is 24.3 Å². The second-order valence-corrected chi connectivity index (χ2v) is 4.11. The molecule has 0 bridgehead atoms. The van der Waals surface area contributed by atoms with Crippen LogP contribution in [0.1, 0.15) is 5.56 Å². The van der Waals surface area contributed by atoms with Gasteiger partial charge in [0.2, 0.25) is 0 Å². The summed E-state index contributed by atoms with van der Waals surface area (Å²) in [4.78, 5) is 0. The Bertz CT molecular complexity index is 528. The molecule has 78 valence electrons. The maximum atomic E-state index is 8.66. The Kier molecular flexibility index (Phi) is 3.23. The molecular weight excluding hydrogens is 266 g/mol. The summed E-state index contributed by atoms with van der Waals surface area (Å²) in [6.07, 6.45) is 0. The van der Waals surface area contributed by atoms with E-state index in [0.717, 1.165) is 16.0 Å². The molecule has 0 N–H and O–H groups in total. The van der Waals surface area contributed by atoms with Crippen molar-refractivity contribution in [1.82, 2.24) is 0 Å². The van der Waals surface area contributed by atoms with Crippen molar-refractivity contribution in [2.24, 2.45) is 0 Å². The van der Waals surface area contributed by atoms with Gasteiger partial charge in [0.05, 0.1) is 11.6 Å². The first-order valence-corrected chi connectivity index (χ1v) is 5.51. The minimum absolute atomic E-state index is 0.626. The van der Waals surface area contributed by atoms with E-state index in [0.29, 0.717) is 5.56 Å². The number of nitrogens with zero attached hydrogens (tertiary/aromatic N) is 1. The molecule has 0 atom stereocenters. The van der Waals surface area contributed by atoms with Crippen LogP contribution in [0.4, 0.5) is 0 Å². The fraction of sp³-hybridized carbons (Fsp3) is 0. The molecule has 0 saturated heterocycles. The lowest BCUT2D eigenvalue weighted by molar-refractivity contribution is 0.482. The number of ether oxygens (including phenoxy) is 1. The van der Waals surface area contributed by atoms with Crippen LogP contribution in [0.2, 0.25) is 0 Å². The zero-order valence-corrected chi connectivity index (χ0v) is 9.94. The monoisotopic (exact) mass is 273 g/mol. The molecule has 0 saturated carbocycles. The lowest BCUT2D eigenvalue weighted by Gasteiger charge is -2.05. The molecule has 0 aliphatic rings. The Labute approximate surface area is 102 Å². The highest BCUT2D eigenvalue weighted by atomic mass is 79.9. The molecule has 2 nitrogen and oxygen atoms in total. The highest BCUT2D eigenvalue weighted by molar-refractivity contribution is 9.10. The minimum Gasteiger partial charge on any atom is -0.457 e. The van der Waals surface area contributed by atoms with E-state index in [4.69, 9.17) is 10.00 Å². The summed E-state index contributed by atoms with van der Waals surface area (Å²) in [5.74, 6) is 1.48. The maximum Gasteiger partial charge on any atom is 0.128 e. The lowest BCUT2D eigenvalue weighted by atomic mass is 10.2. The quantitative estimate of drug-likeness (QED) is 0.825. The van der Waals surface area contributed by atoms with Gasteiger partial charge < -0.3 is 4.74 Å². The molecule has 0 aliphatic heterocycles. The first-order chi connectivity index (χ1) is 7.78. The Hall–Kier alpha value is -1.79. The van der Waals surface area contributed by atoms with Crippen LogP contribution in [0.3, 0.4) is 0 Å². The Morgan fingerprint density at radius 3 is 2.38 bits per heavy atom. The topological polar surface area (TPSA) is 33.0 Å². The summed E-state index contributed by atoms with van der Waals surface area (Å²) in [6, 6.07) is 16.7. The van der Waals surface area contributed by atoms with Crippen molar-refractivity contribution < 1.29 is 4.74 Å². The normalized spacial score (nSPS) is 9.50. The van der Waals surface area contributed by atoms with Gasteiger partial charge in [-0.3, -0.25) is 0 Å². The van der Waals surface area contributed by atoms with E-state index < -0.39 is 0 Å². The molecule has 2 aromatic carbocycles. The lowest BCUT2D eigenvalue weighted by Crippen LogP contribution is -1.84. The number of halogens is 1. The Morgan fingerprint density at radius 1 is 1.00 bits per heavy atom. The third-order valence-electron chi connectivity index (χ3n) is 2.02.